The number of esters is 1. The lowest BCUT2D eigenvalue weighted by molar-refractivity contribution is -0.123. The molecule has 128 valence electrons. The number of halogens is 2. The van der Waals surface area contributed by atoms with E-state index in [1.165, 1.54) is 25.3 Å². The number of hydrogen-bond acceptors (Lipinski definition) is 5. The highest BCUT2D eigenvalue weighted by Gasteiger charge is 2.22. The molecule has 0 saturated carbocycles. The first kappa shape index (κ1) is 17.3. The molecule has 0 aliphatic carbocycles. The average Bonchev–Trinajstić information content (AvgIpc) is 3.00. The van der Waals surface area contributed by atoms with Crippen LogP contribution >= 0.6 is 23.2 Å². The van der Waals surface area contributed by atoms with Gasteiger partial charge in [0.05, 0.1) is 5.02 Å². The van der Waals surface area contributed by atoms with Crippen LogP contribution in [0.5, 0.6) is 0 Å². The molecule has 1 aromatic carbocycles. The van der Waals surface area contributed by atoms with Gasteiger partial charge in [0, 0.05) is 16.6 Å². The number of pyridine rings is 1. The monoisotopic (exact) mass is 378 g/mol. The number of fused-ring (bicyclic) bond motifs is 1. The van der Waals surface area contributed by atoms with Crippen LogP contribution in [0.1, 0.15) is 17.5 Å². The topological polar surface area (TPSA) is 81.4 Å². The SMILES string of the molecule is C[C@H](OC(=O)c1cc2cc(Cl)ccc2o1)C(=O)Nc1ccc(Cl)cn1. The maximum Gasteiger partial charge on any atom is 0.375 e. The lowest BCUT2D eigenvalue weighted by Crippen LogP contribution is -2.30. The van der Waals surface area contributed by atoms with E-state index in [-0.39, 0.29) is 5.76 Å². The van der Waals surface area contributed by atoms with Crippen LogP contribution in [-0.2, 0) is 9.53 Å². The number of carbonyl (C=O) groups is 2. The van der Waals surface area contributed by atoms with Crippen LogP contribution in [0.4, 0.5) is 5.82 Å². The van der Waals surface area contributed by atoms with E-state index >= 15 is 0 Å². The van der Waals surface area contributed by atoms with Crippen molar-refractivity contribution in [2.45, 2.75) is 13.0 Å². The van der Waals surface area contributed by atoms with E-state index in [1.54, 1.807) is 24.3 Å². The van der Waals surface area contributed by atoms with Gasteiger partial charge in [-0.25, -0.2) is 9.78 Å². The molecular formula is C17H12Cl2N2O4. The fourth-order valence-corrected chi connectivity index (χ4v) is 2.36. The molecule has 1 amide bonds. The van der Waals surface area contributed by atoms with Crippen LogP contribution < -0.4 is 5.32 Å². The summed E-state index contributed by atoms with van der Waals surface area (Å²) >= 11 is 11.6. The van der Waals surface area contributed by atoms with Crippen LogP contribution in [0.25, 0.3) is 11.0 Å². The van der Waals surface area contributed by atoms with Crippen molar-refractivity contribution in [1.29, 1.82) is 0 Å². The summed E-state index contributed by atoms with van der Waals surface area (Å²) in [7, 11) is 0. The Hall–Kier alpha value is -2.57. The fourth-order valence-electron chi connectivity index (χ4n) is 2.06. The molecule has 0 saturated heterocycles. The molecule has 0 fully saturated rings. The van der Waals surface area contributed by atoms with Gasteiger partial charge in [-0.15, -0.1) is 0 Å². The second-order valence-electron chi connectivity index (χ2n) is 5.19. The first-order chi connectivity index (χ1) is 11.9. The van der Waals surface area contributed by atoms with Gasteiger partial charge in [-0.2, -0.15) is 0 Å². The second-order valence-corrected chi connectivity index (χ2v) is 6.06. The summed E-state index contributed by atoms with van der Waals surface area (Å²) in [5.74, 6) is -0.987. The summed E-state index contributed by atoms with van der Waals surface area (Å²) in [6.45, 7) is 1.45. The van der Waals surface area contributed by atoms with Crippen LogP contribution in [0.2, 0.25) is 10.0 Å². The van der Waals surface area contributed by atoms with Gasteiger partial charge in [0.15, 0.2) is 6.10 Å². The van der Waals surface area contributed by atoms with Crippen molar-refractivity contribution in [3.63, 3.8) is 0 Å². The number of hydrogen-bond donors (Lipinski definition) is 1. The fraction of sp³-hybridized carbons (Fsp3) is 0.118. The molecular weight excluding hydrogens is 367 g/mol. The number of carbonyl (C=O) groups excluding carboxylic acids is 2. The van der Waals surface area contributed by atoms with E-state index < -0.39 is 18.0 Å². The van der Waals surface area contributed by atoms with Gasteiger partial charge < -0.3 is 14.5 Å². The Morgan fingerprint density at radius 3 is 2.64 bits per heavy atom. The molecule has 8 heteroatoms. The molecule has 25 heavy (non-hydrogen) atoms. The first-order valence-electron chi connectivity index (χ1n) is 7.25. The third-order valence-corrected chi connectivity index (χ3v) is 3.77. The normalized spacial score (nSPS) is 12.0. The number of aromatic nitrogens is 1. The molecule has 0 unspecified atom stereocenters. The molecule has 2 heterocycles. The molecule has 0 spiro atoms. The Kier molecular flexibility index (Phi) is 4.92. The van der Waals surface area contributed by atoms with Crippen LogP contribution in [0.15, 0.2) is 47.0 Å². The summed E-state index contributed by atoms with van der Waals surface area (Å²) in [4.78, 5) is 28.2. The van der Waals surface area contributed by atoms with Crippen molar-refractivity contribution >= 4 is 51.9 Å². The highest BCUT2D eigenvalue weighted by atomic mass is 35.5. The van der Waals surface area contributed by atoms with E-state index in [0.29, 0.717) is 26.8 Å². The molecule has 3 rings (SSSR count). The van der Waals surface area contributed by atoms with Crippen molar-refractivity contribution < 1.29 is 18.7 Å². The van der Waals surface area contributed by atoms with Gasteiger partial charge in [-0.05, 0) is 43.3 Å². The zero-order chi connectivity index (χ0) is 18.0. The van der Waals surface area contributed by atoms with Crippen LogP contribution in [0, 0.1) is 0 Å². The Morgan fingerprint density at radius 1 is 1.16 bits per heavy atom. The number of anilines is 1. The van der Waals surface area contributed by atoms with Gasteiger partial charge in [-0.3, -0.25) is 4.79 Å². The number of nitrogens with one attached hydrogen (secondary N) is 1. The van der Waals surface area contributed by atoms with Crippen molar-refractivity contribution in [1.82, 2.24) is 4.98 Å². The molecule has 0 radical (unpaired) electrons. The Bertz CT molecular complexity index is 937. The molecule has 2 aromatic heterocycles. The summed E-state index contributed by atoms with van der Waals surface area (Å²) in [6.07, 6.45) is 0.356. The van der Waals surface area contributed by atoms with Gasteiger partial charge >= 0.3 is 5.97 Å². The Morgan fingerprint density at radius 2 is 1.92 bits per heavy atom. The van der Waals surface area contributed by atoms with E-state index in [4.69, 9.17) is 32.4 Å². The van der Waals surface area contributed by atoms with E-state index in [9.17, 15) is 9.59 Å². The second kappa shape index (κ2) is 7.13. The standard InChI is InChI=1S/C17H12Cl2N2O4/c1-9(16(22)21-15-5-3-12(19)8-20-15)24-17(23)14-7-10-6-11(18)2-4-13(10)25-14/h2-9H,1H3,(H,20,21,22)/t9-/m0/s1. The van der Waals surface area contributed by atoms with E-state index in [1.807, 2.05) is 0 Å². The largest absolute Gasteiger partial charge is 0.449 e. The molecule has 0 bridgehead atoms. The summed E-state index contributed by atoms with van der Waals surface area (Å²) in [5.41, 5.74) is 0.499. The minimum atomic E-state index is -1.04. The zero-order valence-corrected chi connectivity index (χ0v) is 14.5. The summed E-state index contributed by atoms with van der Waals surface area (Å²) in [5, 5.41) is 4.17. The third-order valence-electron chi connectivity index (χ3n) is 3.31. The quantitative estimate of drug-likeness (QED) is 0.683. The number of ether oxygens (including phenoxy) is 1. The Balaban J connectivity index is 1.66. The molecule has 3 aromatic rings. The van der Waals surface area contributed by atoms with Crippen LogP contribution in [0.3, 0.4) is 0 Å². The molecule has 1 N–H and O–H groups in total. The predicted octanol–water partition coefficient (Wildman–Crippen LogP) is 4.32. The number of nitrogens with zero attached hydrogens (tertiary/aromatic N) is 1. The first-order valence-corrected chi connectivity index (χ1v) is 8.00. The van der Waals surface area contributed by atoms with Gasteiger partial charge in [0.25, 0.3) is 5.91 Å². The molecule has 1 atom stereocenters. The van der Waals surface area contributed by atoms with Crippen molar-refractivity contribution in [2.24, 2.45) is 0 Å². The van der Waals surface area contributed by atoms with E-state index in [2.05, 4.69) is 10.3 Å². The molecule has 6 nitrogen and oxygen atoms in total. The Labute approximate surface area is 152 Å². The van der Waals surface area contributed by atoms with Gasteiger partial charge in [0.1, 0.15) is 11.4 Å². The van der Waals surface area contributed by atoms with Crippen molar-refractivity contribution in [2.75, 3.05) is 5.32 Å². The van der Waals surface area contributed by atoms with Gasteiger partial charge in [0.2, 0.25) is 5.76 Å². The van der Waals surface area contributed by atoms with Crippen molar-refractivity contribution in [3.05, 3.63) is 58.4 Å². The lowest BCUT2D eigenvalue weighted by Gasteiger charge is -2.12. The smallest absolute Gasteiger partial charge is 0.375 e. The number of benzene rings is 1. The maximum absolute atomic E-state index is 12.1. The highest BCUT2D eigenvalue weighted by molar-refractivity contribution is 6.31. The van der Waals surface area contributed by atoms with Crippen molar-refractivity contribution in [3.8, 4) is 0 Å². The zero-order valence-electron chi connectivity index (χ0n) is 13.0. The average molecular weight is 379 g/mol. The van der Waals surface area contributed by atoms with Crippen LogP contribution in [-0.4, -0.2) is 23.0 Å². The third kappa shape index (κ3) is 4.10. The number of amides is 1. The maximum atomic E-state index is 12.1. The predicted molar refractivity (Wildman–Crippen MR) is 94.0 cm³/mol. The highest BCUT2D eigenvalue weighted by Crippen LogP contribution is 2.23. The van der Waals surface area contributed by atoms with Gasteiger partial charge in [-0.1, -0.05) is 23.2 Å². The number of furan rings is 1. The lowest BCUT2D eigenvalue weighted by atomic mass is 10.2. The van der Waals surface area contributed by atoms with E-state index in [0.717, 1.165) is 0 Å². The summed E-state index contributed by atoms with van der Waals surface area (Å²) < 4.78 is 10.5. The minimum absolute atomic E-state index is 0.0125. The molecule has 0 aliphatic heterocycles. The summed E-state index contributed by atoms with van der Waals surface area (Å²) in [6, 6.07) is 9.60. The molecule has 0 aliphatic rings. The number of rotatable bonds is 4. The minimum Gasteiger partial charge on any atom is -0.449 e.